The third-order valence-electron chi connectivity index (χ3n) is 5.78. The Bertz CT molecular complexity index is 1740. The number of fused-ring (bicyclic) bond motifs is 1. The number of aromatic nitrogens is 6. The molecule has 0 fully saturated rings. The van der Waals surface area contributed by atoms with Gasteiger partial charge >= 0.3 is 0 Å². The molecule has 0 unspecified atom stereocenters. The highest BCUT2D eigenvalue weighted by molar-refractivity contribution is 6.30. The molecule has 0 spiro atoms. The predicted octanol–water partition coefficient (Wildman–Crippen LogP) is 7.22. The Labute approximate surface area is 216 Å². The molecule has 0 bridgehead atoms. The summed E-state index contributed by atoms with van der Waals surface area (Å²) in [6.07, 6.45) is 0. The van der Waals surface area contributed by atoms with Gasteiger partial charge in [0.25, 0.3) is 11.7 Å². The monoisotopic (exact) mass is 506 g/mol. The minimum absolute atomic E-state index is 0.221. The van der Waals surface area contributed by atoms with Gasteiger partial charge in [0.1, 0.15) is 11.4 Å². The van der Waals surface area contributed by atoms with E-state index < -0.39 is 0 Å². The van der Waals surface area contributed by atoms with Crippen molar-refractivity contribution in [3.05, 3.63) is 95.1 Å². The fraction of sp³-hybridized carbons (Fsp3) is 0.0741. The first kappa shape index (κ1) is 22.7. The second kappa shape index (κ2) is 9.36. The highest BCUT2D eigenvalue weighted by atomic mass is 35.5. The fourth-order valence-electron chi connectivity index (χ4n) is 3.89. The summed E-state index contributed by atoms with van der Waals surface area (Å²) in [5.74, 6) is 0.556. The van der Waals surface area contributed by atoms with Gasteiger partial charge in [0, 0.05) is 16.1 Å². The van der Waals surface area contributed by atoms with Crippen LogP contribution in [0.1, 0.15) is 11.3 Å². The molecule has 0 radical (unpaired) electrons. The van der Waals surface area contributed by atoms with Gasteiger partial charge in [-0.3, -0.25) is 0 Å². The Morgan fingerprint density at radius 2 is 1.57 bits per heavy atom. The van der Waals surface area contributed by atoms with Crippen LogP contribution in [0.5, 0.6) is 0 Å². The molecular formula is C27H19ClN8O. The lowest BCUT2D eigenvalue weighted by Gasteiger charge is -2.08. The largest absolute Gasteiger partial charge is 0.334 e. The van der Waals surface area contributed by atoms with E-state index in [1.165, 1.54) is 0 Å². The Morgan fingerprint density at radius 3 is 2.32 bits per heavy atom. The van der Waals surface area contributed by atoms with E-state index in [1.54, 1.807) is 11.6 Å². The molecule has 0 aliphatic rings. The van der Waals surface area contributed by atoms with E-state index in [-0.39, 0.29) is 5.95 Å². The van der Waals surface area contributed by atoms with Gasteiger partial charge < -0.3 is 4.52 Å². The van der Waals surface area contributed by atoms with E-state index in [0.717, 1.165) is 22.1 Å². The quantitative estimate of drug-likeness (QED) is 0.228. The topological polar surface area (TPSA) is 107 Å². The number of hydrogen-bond donors (Lipinski definition) is 0. The van der Waals surface area contributed by atoms with Gasteiger partial charge in [-0.05, 0) is 38.1 Å². The number of aryl methyl sites for hydroxylation is 2. The van der Waals surface area contributed by atoms with Crippen molar-refractivity contribution in [1.29, 1.82) is 0 Å². The van der Waals surface area contributed by atoms with E-state index >= 15 is 0 Å². The Balaban J connectivity index is 1.52. The normalized spacial score (nSPS) is 11.5. The first-order chi connectivity index (χ1) is 18.1. The van der Waals surface area contributed by atoms with Crippen molar-refractivity contribution in [3.63, 3.8) is 0 Å². The van der Waals surface area contributed by atoms with Crippen LogP contribution in [-0.2, 0) is 0 Å². The van der Waals surface area contributed by atoms with Crippen LogP contribution in [0, 0.1) is 13.8 Å². The Hall–Kier alpha value is -4.76. The highest BCUT2D eigenvalue weighted by Crippen LogP contribution is 2.37. The number of azo groups is 1. The van der Waals surface area contributed by atoms with Gasteiger partial charge in [0.05, 0.1) is 16.8 Å². The summed E-state index contributed by atoms with van der Waals surface area (Å²) in [6.45, 7) is 3.79. The van der Waals surface area contributed by atoms with Crippen LogP contribution >= 0.6 is 11.6 Å². The number of halogens is 1. The second-order valence-electron chi connectivity index (χ2n) is 8.40. The van der Waals surface area contributed by atoms with Crippen LogP contribution in [0.25, 0.3) is 39.6 Å². The smallest absolute Gasteiger partial charge is 0.277 e. The fourth-order valence-corrected chi connectivity index (χ4v) is 4.01. The first-order valence-electron chi connectivity index (χ1n) is 11.5. The maximum Gasteiger partial charge on any atom is 0.277 e. The van der Waals surface area contributed by atoms with Crippen molar-refractivity contribution < 1.29 is 4.52 Å². The van der Waals surface area contributed by atoms with Crippen LogP contribution < -0.4 is 0 Å². The van der Waals surface area contributed by atoms with Crippen molar-refractivity contribution in [3.8, 4) is 28.5 Å². The lowest BCUT2D eigenvalue weighted by molar-refractivity contribution is 0.447. The minimum Gasteiger partial charge on any atom is -0.334 e. The lowest BCUT2D eigenvalue weighted by atomic mass is 10.0. The minimum atomic E-state index is 0.221. The molecule has 3 heterocycles. The summed E-state index contributed by atoms with van der Waals surface area (Å²) >= 11 is 6.18. The molecule has 0 aliphatic heterocycles. The van der Waals surface area contributed by atoms with Crippen molar-refractivity contribution in [2.45, 2.75) is 13.8 Å². The first-order valence-corrected chi connectivity index (χ1v) is 11.8. The zero-order valence-electron chi connectivity index (χ0n) is 19.9. The maximum atomic E-state index is 6.18. The standard InChI is InChI=1S/C27H19ClN8O/c1-16-8-14-21(15-9-16)31-32-25-17(2)30-33-27(29-25)36-24(19-10-12-20(28)13-11-19)22-23(35-37-26(22)34-36)18-6-4-3-5-7-18/h3-15H,1-2H3. The van der Waals surface area contributed by atoms with E-state index in [9.17, 15) is 0 Å². The molecule has 0 amide bonds. The Morgan fingerprint density at radius 1 is 0.811 bits per heavy atom. The molecule has 0 aliphatic carbocycles. The van der Waals surface area contributed by atoms with Crippen molar-refractivity contribution in [2.24, 2.45) is 10.2 Å². The summed E-state index contributed by atoms with van der Waals surface area (Å²) in [4.78, 5) is 4.63. The third kappa shape index (κ3) is 4.36. The molecule has 0 N–H and O–H groups in total. The SMILES string of the molecule is Cc1ccc(N=Nc2nc(-n3nc4onc(-c5ccccc5)c4c3-c3ccc(Cl)cc3)nnc2C)cc1. The van der Waals surface area contributed by atoms with E-state index in [2.05, 4.69) is 35.7 Å². The maximum absolute atomic E-state index is 6.18. The van der Waals surface area contributed by atoms with Gasteiger partial charge in [-0.2, -0.15) is 9.67 Å². The molecule has 3 aromatic heterocycles. The summed E-state index contributed by atoms with van der Waals surface area (Å²) < 4.78 is 7.22. The molecule has 3 aromatic carbocycles. The molecule has 37 heavy (non-hydrogen) atoms. The van der Waals surface area contributed by atoms with Crippen LogP contribution in [0.15, 0.2) is 93.6 Å². The van der Waals surface area contributed by atoms with Crippen LogP contribution in [-0.4, -0.2) is 30.1 Å². The summed E-state index contributed by atoms with van der Waals surface area (Å²) in [5, 5.41) is 27.5. The van der Waals surface area contributed by atoms with Gasteiger partial charge in [-0.1, -0.05) is 76.9 Å². The second-order valence-corrected chi connectivity index (χ2v) is 8.84. The molecule has 180 valence electrons. The zero-order valence-corrected chi connectivity index (χ0v) is 20.6. The third-order valence-corrected chi connectivity index (χ3v) is 6.03. The zero-order chi connectivity index (χ0) is 25.4. The van der Waals surface area contributed by atoms with Gasteiger partial charge in [0.2, 0.25) is 5.82 Å². The number of hydrogen-bond acceptors (Lipinski definition) is 8. The predicted molar refractivity (Wildman–Crippen MR) is 140 cm³/mol. The Kier molecular flexibility index (Phi) is 5.74. The lowest BCUT2D eigenvalue weighted by Crippen LogP contribution is -2.07. The molecule has 0 saturated carbocycles. The van der Waals surface area contributed by atoms with Gasteiger partial charge in [-0.25, -0.2) is 0 Å². The van der Waals surface area contributed by atoms with Gasteiger partial charge in [-0.15, -0.1) is 25.5 Å². The molecule has 0 atom stereocenters. The summed E-state index contributed by atoms with van der Waals surface area (Å²) in [5.41, 5.74) is 5.81. The average molecular weight is 507 g/mol. The molecule has 0 saturated heterocycles. The molecule has 9 nitrogen and oxygen atoms in total. The van der Waals surface area contributed by atoms with Crippen LogP contribution in [0.3, 0.4) is 0 Å². The number of benzene rings is 3. The molecule has 6 rings (SSSR count). The molecule has 10 heteroatoms. The van der Waals surface area contributed by atoms with Gasteiger partial charge in [0.15, 0.2) is 0 Å². The van der Waals surface area contributed by atoms with Crippen molar-refractivity contribution in [2.75, 3.05) is 0 Å². The van der Waals surface area contributed by atoms with Crippen LogP contribution in [0.4, 0.5) is 11.5 Å². The van der Waals surface area contributed by atoms with E-state index in [1.807, 2.05) is 85.8 Å². The summed E-state index contributed by atoms with van der Waals surface area (Å²) in [7, 11) is 0. The number of rotatable bonds is 5. The average Bonchev–Trinajstić information content (AvgIpc) is 3.50. The number of nitrogens with zero attached hydrogens (tertiary/aromatic N) is 8. The summed E-state index contributed by atoms with van der Waals surface area (Å²) in [6, 6.07) is 24.9. The van der Waals surface area contributed by atoms with E-state index in [0.29, 0.717) is 39.3 Å². The van der Waals surface area contributed by atoms with E-state index in [4.69, 9.17) is 16.1 Å². The van der Waals surface area contributed by atoms with Crippen LogP contribution in [0.2, 0.25) is 5.02 Å². The highest BCUT2D eigenvalue weighted by Gasteiger charge is 2.25. The van der Waals surface area contributed by atoms with Crippen molar-refractivity contribution in [1.82, 2.24) is 30.1 Å². The van der Waals surface area contributed by atoms with Crippen molar-refractivity contribution >= 4 is 34.2 Å². The molecular weight excluding hydrogens is 488 g/mol. The molecule has 6 aromatic rings.